The molecule has 1 amide bonds. The summed E-state index contributed by atoms with van der Waals surface area (Å²) in [7, 11) is 0. The third-order valence-electron chi connectivity index (χ3n) is 6.91. The van der Waals surface area contributed by atoms with E-state index in [2.05, 4.69) is 29.0 Å². The van der Waals surface area contributed by atoms with Crippen molar-refractivity contribution in [2.75, 3.05) is 4.90 Å². The van der Waals surface area contributed by atoms with Crippen molar-refractivity contribution in [3.05, 3.63) is 107 Å². The van der Waals surface area contributed by atoms with Crippen molar-refractivity contribution in [3.63, 3.8) is 0 Å². The van der Waals surface area contributed by atoms with Gasteiger partial charge in [-0.2, -0.15) is 0 Å². The maximum atomic E-state index is 12.2. The predicted octanol–water partition coefficient (Wildman–Crippen LogP) is 5.32. The Morgan fingerprint density at radius 3 is 2.69 bits per heavy atom. The number of carbonyl (C=O) groups is 1. The van der Waals surface area contributed by atoms with Crippen molar-refractivity contribution in [3.8, 4) is 22.4 Å². The number of amides is 1. The van der Waals surface area contributed by atoms with Gasteiger partial charge in [0, 0.05) is 46.8 Å². The summed E-state index contributed by atoms with van der Waals surface area (Å²) in [6, 6.07) is 23.7. The number of anilines is 1. The Balaban J connectivity index is 1.51. The number of aliphatic hydroxyl groups is 1. The minimum Gasteiger partial charge on any atom is -0.369 e. The topological polar surface area (TPSA) is 95.2 Å². The molecule has 3 aromatic carbocycles. The first kappa shape index (κ1) is 21.1. The number of H-pyrrole nitrogens is 1. The van der Waals surface area contributed by atoms with Crippen molar-refractivity contribution in [1.29, 1.82) is 0 Å². The monoisotopic (exact) mass is 460 g/mol. The summed E-state index contributed by atoms with van der Waals surface area (Å²) in [6.45, 7) is 2.72. The Morgan fingerprint density at radius 1 is 1.06 bits per heavy atom. The Morgan fingerprint density at radius 2 is 1.91 bits per heavy atom. The second-order valence-electron chi connectivity index (χ2n) is 8.89. The Labute approximate surface area is 202 Å². The number of nitrogens with two attached hydrogens (primary N) is 1. The Kier molecular flexibility index (Phi) is 4.90. The van der Waals surface area contributed by atoms with E-state index in [4.69, 9.17) is 5.73 Å². The molecule has 0 saturated carbocycles. The zero-order chi connectivity index (χ0) is 24.1. The van der Waals surface area contributed by atoms with Crippen LogP contribution in [0.15, 0.2) is 85.2 Å². The number of aromatic nitrogens is 2. The molecule has 6 nitrogen and oxygen atoms in total. The minimum absolute atomic E-state index is 0.443. The van der Waals surface area contributed by atoms with Gasteiger partial charge in [-0.05, 0) is 59.5 Å². The number of hydrogen-bond donors (Lipinski definition) is 3. The van der Waals surface area contributed by atoms with Crippen LogP contribution < -0.4 is 10.6 Å². The van der Waals surface area contributed by atoms with Crippen LogP contribution in [0.25, 0.3) is 33.3 Å². The number of rotatable bonds is 4. The third-order valence-corrected chi connectivity index (χ3v) is 6.91. The highest BCUT2D eigenvalue weighted by molar-refractivity contribution is 6.10. The molecule has 5 aromatic rings. The van der Waals surface area contributed by atoms with E-state index in [0.717, 1.165) is 50.1 Å². The molecule has 0 aliphatic carbocycles. The highest BCUT2D eigenvalue weighted by Crippen LogP contribution is 2.42. The highest BCUT2D eigenvalue weighted by Gasteiger charge is 2.29. The molecule has 0 saturated heterocycles. The van der Waals surface area contributed by atoms with Crippen molar-refractivity contribution >= 4 is 22.5 Å². The summed E-state index contributed by atoms with van der Waals surface area (Å²) < 4.78 is 0. The van der Waals surface area contributed by atoms with Crippen molar-refractivity contribution < 1.29 is 9.90 Å². The number of carbonyl (C=O) groups excluding carboxylic acids is 1. The molecule has 2 aromatic heterocycles. The fraction of sp³-hybridized carbons (Fsp3) is 0.103. The van der Waals surface area contributed by atoms with E-state index < -0.39 is 12.1 Å². The van der Waals surface area contributed by atoms with Crippen LogP contribution in [0.4, 0.5) is 5.69 Å². The molecule has 1 unspecified atom stereocenters. The SMILES string of the molecule is Cc1c(-c2ccc(C(N)=O)c3[nH]c(-c4cccnc4)cc23)cccc1N1Cc2ccccc2C1O. The first-order valence-corrected chi connectivity index (χ1v) is 11.5. The molecule has 1 atom stereocenters. The lowest BCUT2D eigenvalue weighted by Gasteiger charge is -2.26. The lowest BCUT2D eigenvalue weighted by molar-refractivity contribution is 0.100. The van der Waals surface area contributed by atoms with E-state index in [9.17, 15) is 9.90 Å². The summed E-state index contributed by atoms with van der Waals surface area (Å²) in [5.74, 6) is -0.482. The van der Waals surface area contributed by atoms with Gasteiger partial charge in [0.1, 0.15) is 0 Å². The molecular formula is C29H24N4O2. The van der Waals surface area contributed by atoms with Crippen molar-refractivity contribution in [1.82, 2.24) is 9.97 Å². The van der Waals surface area contributed by atoms with Gasteiger partial charge in [-0.15, -0.1) is 0 Å². The van der Waals surface area contributed by atoms with Crippen molar-refractivity contribution in [2.24, 2.45) is 5.73 Å². The molecule has 6 rings (SSSR count). The largest absolute Gasteiger partial charge is 0.369 e. The number of nitrogens with one attached hydrogen (secondary N) is 1. The van der Waals surface area contributed by atoms with E-state index in [-0.39, 0.29) is 0 Å². The molecule has 1 aliphatic heterocycles. The summed E-state index contributed by atoms with van der Waals surface area (Å²) >= 11 is 0. The number of aliphatic hydroxyl groups excluding tert-OH is 1. The first-order chi connectivity index (χ1) is 17.0. The van der Waals surface area contributed by atoms with Gasteiger partial charge < -0.3 is 20.7 Å². The molecular weight excluding hydrogens is 436 g/mol. The number of primary amides is 1. The van der Waals surface area contributed by atoms with Gasteiger partial charge in [-0.25, -0.2) is 0 Å². The fourth-order valence-corrected chi connectivity index (χ4v) is 5.15. The number of hydrogen-bond acceptors (Lipinski definition) is 4. The zero-order valence-electron chi connectivity index (χ0n) is 19.2. The Bertz CT molecular complexity index is 1590. The first-order valence-electron chi connectivity index (χ1n) is 11.5. The second kappa shape index (κ2) is 8.11. The summed E-state index contributed by atoms with van der Waals surface area (Å²) in [5, 5.41) is 12.0. The van der Waals surface area contributed by atoms with Gasteiger partial charge in [0.15, 0.2) is 6.23 Å². The highest BCUT2D eigenvalue weighted by atomic mass is 16.3. The number of benzene rings is 3. The lowest BCUT2D eigenvalue weighted by atomic mass is 9.94. The number of nitrogens with zero attached hydrogens (tertiary/aromatic N) is 2. The molecule has 4 N–H and O–H groups in total. The van der Waals surface area contributed by atoms with E-state index in [1.807, 2.05) is 59.5 Å². The fourth-order valence-electron chi connectivity index (χ4n) is 5.15. The van der Waals surface area contributed by atoms with Crippen LogP contribution >= 0.6 is 0 Å². The summed E-state index contributed by atoms with van der Waals surface area (Å²) in [6.07, 6.45) is 2.82. The second-order valence-corrected chi connectivity index (χ2v) is 8.89. The van der Waals surface area contributed by atoms with Crippen LogP contribution in [0.3, 0.4) is 0 Å². The molecule has 0 bridgehead atoms. The molecule has 0 spiro atoms. The molecule has 6 heteroatoms. The van der Waals surface area contributed by atoms with Gasteiger partial charge in [0.2, 0.25) is 0 Å². The maximum Gasteiger partial charge on any atom is 0.250 e. The van der Waals surface area contributed by atoms with Crippen LogP contribution in [-0.4, -0.2) is 21.0 Å². The van der Waals surface area contributed by atoms with Gasteiger partial charge in [0.05, 0.1) is 11.1 Å². The van der Waals surface area contributed by atoms with Crippen LogP contribution in [-0.2, 0) is 6.54 Å². The predicted molar refractivity (Wildman–Crippen MR) is 138 cm³/mol. The standard InChI is InChI=1S/C29H24N4O2/c1-17-20(9-4-10-26(17)33-16-19-6-2-3-8-21(19)29(33)35)22-11-12-23(28(30)34)27-24(22)14-25(32-27)18-7-5-13-31-15-18/h2-15,29,32,35H,16H2,1H3,(H2,30,34). The van der Waals surface area contributed by atoms with Crippen molar-refractivity contribution in [2.45, 2.75) is 19.7 Å². The summed E-state index contributed by atoms with van der Waals surface area (Å²) in [4.78, 5) is 21.8. The van der Waals surface area contributed by atoms with Crippen LogP contribution in [0, 0.1) is 6.92 Å². The van der Waals surface area contributed by atoms with Gasteiger partial charge >= 0.3 is 0 Å². The van der Waals surface area contributed by atoms with Gasteiger partial charge in [-0.3, -0.25) is 9.78 Å². The molecule has 0 radical (unpaired) electrons. The normalized spacial score (nSPS) is 14.9. The summed E-state index contributed by atoms with van der Waals surface area (Å²) in [5.41, 5.74) is 14.8. The van der Waals surface area contributed by atoms with Crippen LogP contribution in [0.5, 0.6) is 0 Å². The lowest BCUT2D eigenvalue weighted by Crippen LogP contribution is -2.21. The number of fused-ring (bicyclic) bond motifs is 2. The molecule has 0 fully saturated rings. The average Bonchev–Trinajstić information content (AvgIpc) is 3.46. The van der Waals surface area contributed by atoms with E-state index in [1.54, 1.807) is 18.5 Å². The number of aromatic amines is 1. The van der Waals surface area contributed by atoms with Gasteiger partial charge in [0.25, 0.3) is 5.91 Å². The molecule has 172 valence electrons. The van der Waals surface area contributed by atoms with E-state index >= 15 is 0 Å². The van der Waals surface area contributed by atoms with Gasteiger partial charge in [-0.1, -0.05) is 42.5 Å². The maximum absolute atomic E-state index is 12.2. The minimum atomic E-state index is -0.693. The zero-order valence-corrected chi connectivity index (χ0v) is 19.2. The molecule has 35 heavy (non-hydrogen) atoms. The van der Waals surface area contributed by atoms with Crippen LogP contribution in [0.2, 0.25) is 0 Å². The molecule has 1 aliphatic rings. The van der Waals surface area contributed by atoms with E-state index in [0.29, 0.717) is 17.6 Å². The van der Waals surface area contributed by atoms with E-state index in [1.165, 1.54) is 0 Å². The molecule has 3 heterocycles. The quantitative estimate of drug-likeness (QED) is 0.338. The average molecular weight is 461 g/mol. The number of pyridine rings is 1. The Hall–Kier alpha value is -4.42. The van der Waals surface area contributed by atoms with Crippen LogP contribution in [0.1, 0.15) is 33.3 Å². The third kappa shape index (κ3) is 3.38. The smallest absolute Gasteiger partial charge is 0.250 e.